The van der Waals surface area contributed by atoms with Crippen LogP contribution in [0.3, 0.4) is 0 Å². The van der Waals surface area contributed by atoms with E-state index in [9.17, 15) is 0 Å². The molecule has 1 aliphatic carbocycles. The van der Waals surface area contributed by atoms with Gasteiger partial charge in [-0.25, -0.2) is 0 Å². The number of hydrogen-bond donors (Lipinski definition) is 1. The monoisotopic (exact) mass is 328 g/mol. The van der Waals surface area contributed by atoms with Crippen LogP contribution in [-0.4, -0.2) is 46.5 Å². The third-order valence-corrected chi connectivity index (χ3v) is 5.62. The second-order valence-corrected chi connectivity index (χ2v) is 7.11. The zero-order chi connectivity index (χ0) is 16.4. The van der Waals surface area contributed by atoms with E-state index < -0.39 is 0 Å². The first-order valence-corrected chi connectivity index (χ1v) is 9.08. The molecule has 6 nitrogen and oxygen atoms in total. The smallest absolute Gasteiger partial charge is 0.217 e. The zero-order valence-corrected chi connectivity index (χ0v) is 14.4. The highest BCUT2D eigenvalue weighted by atomic mass is 16.5. The molecule has 4 rings (SSSR count). The number of aromatic nitrogens is 4. The fraction of sp³-hybridized carbons (Fsp3) is 0.611. The molecule has 0 atom stereocenters. The summed E-state index contributed by atoms with van der Waals surface area (Å²) in [6.45, 7) is 5.87. The molecule has 1 aromatic heterocycles. The Bertz CT molecular complexity index is 686. The second kappa shape index (κ2) is 6.61. The molecule has 24 heavy (non-hydrogen) atoms. The first-order chi connectivity index (χ1) is 11.8. The van der Waals surface area contributed by atoms with Crippen molar-refractivity contribution in [1.29, 1.82) is 0 Å². The first-order valence-electron chi connectivity index (χ1n) is 9.08. The lowest BCUT2D eigenvalue weighted by Crippen LogP contribution is -3.20. The molecule has 1 saturated heterocycles. The Kier molecular flexibility index (Phi) is 4.33. The summed E-state index contributed by atoms with van der Waals surface area (Å²) in [7, 11) is 0. The lowest BCUT2D eigenvalue weighted by Gasteiger charge is -2.43. The van der Waals surface area contributed by atoms with E-state index in [2.05, 4.69) is 46.7 Å². The molecule has 0 radical (unpaired) electrons. The fourth-order valence-corrected chi connectivity index (χ4v) is 4.41. The van der Waals surface area contributed by atoms with Gasteiger partial charge in [-0.15, -0.1) is 5.10 Å². The Hall–Kier alpha value is -1.79. The predicted octanol–water partition coefficient (Wildman–Crippen LogP) is 1.05. The molecule has 0 bridgehead atoms. The molecule has 1 saturated carbocycles. The molecule has 2 fully saturated rings. The van der Waals surface area contributed by atoms with Crippen molar-refractivity contribution >= 4 is 0 Å². The van der Waals surface area contributed by atoms with Crippen molar-refractivity contribution in [3.63, 3.8) is 0 Å². The predicted molar refractivity (Wildman–Crippen MR) is 90.2 cm³/mol. The van der Waals surface area contributed by atoms with Gasteiger partial charge in [0.25, 0.3) is 0 Å². The minimum atomic E-state index is 0.0231. The van der Waals surface area contributed by atoms with Crippen molar-refractivity contribution in [2.75, 3.05) is 26.3 Å². The van der Waals surface area contributed by atoms with Crippen molar-refractivity contribution in [2.24, 2.45) is 0 Å². The van der Waals surface area contributed by atoms with Crippen LogP contribution >= 0.6 is 0 Å². The van der Waals surface area contributed by atoms with E-state index in [1.165, 1.54) is 24.8 Å². The van der Waals surface area contributed by atoms with E-state index in [0.29, 0.717) is 0 Å². The fourth-order valence-electron chi connectivity index (χ4n) is 4.41. The van der Waals surface area contributed by atoms with Gasteiger partial charge in [0.15, 0.2) is 5.54 Å². The molecule has 0 amide bonds. The van der Waals surface area contributed by atoms with E-state index in [-0.39, 0.29) is 5.54 Å². The molecule has 1 N–H and O–H groups in total. The van der Waals surface area contributed by atoms with E-state index in [4.69, 9.17) is 4.74 Å². The summed E-state index contributed by atoms with van der Waals surface area (Å²) in [5.74, 6) is 1.03. The molecule has 128 valence electrons. The molecule has 0 spiro atoms. The van der Waals surface area contributed by atoms with Crippen LogP contribution < -0.4 is 4.90 Å². The molecule has 2 aliphatic rings. The maximum Gasteiger partial charge on any atom is 0.217 e. The third-order valence-electron chi connectivity index (χ3n) is 5.62. The van der Waals surface area contributed by atoms with Gasteiger partial charge in [0.05, 0.1) is 18.9 Å². The summed E-state index contributed by atoms with van der Waals surface area (Å²) in [6, 6.07) is 8.44. The zero-order valence-electron chi connectivity index (χ0n) is 14.4. The number of aryl methyl sites for hydroxylation is 1. The van der Waals surface area contributed by atoms with Crippen LogP contribution in [0.4, 0.5) is 0 Å². The number of nitrogens with zero attached hydrogens (tertiary/aromatic N) is 4. The Morgan fingerprint density at radius 1 is 1.12 bits per heavy atom. The number of benzene rings is 1. The van der Waals surface area contributed by atoms with Gasteiger partial charge in [0, 0.05) is 12.8 Å². The number of ether oxygens (including phenoxy) is 1. The van der Waals surface area contributed by atoms with Crippen molar-refractivity contribution in [3.05, 3.63) is 35.7 Å². The second-order valence-electron chi connectivity index (χ2n) is 7.11. The maximum atomic E-state index is 5.60. The van der Waals surface area contributed by atoms with Gasteiger partial charge in [-0.3, -0.25) is 0 Å². The van der Waals surface area contributed by atoms with E-state index >= 15 is 0 Å². The van der Waals surface area contributed by atoms with Crippen LogP contribution in [-0.2, 0) is 10.3 Å². The van der Waals surface area contributed by atoms with Gasteiger partial charge < -0.3 is 9.64 Å². The summed E-state index contributed by atoms with van der Waals surface area (Å²) in [5, 5.41) is 12.9. The topological polar surface area (TPSA) is 57.3 Å². The maximum absolute atomic E-state index is 5.60. The van der Waals surface area contributed by atoms with Crippen molar-refractivity contribution in [3.8, 4) is 5.69 Å². The quantitative estimate of drug-likeness (QED) is 0.915. The summed E-state index contributed by atoms with van der Waals surface area (Å²) in [4.78, 5) is 1.59. The van der Waals surface area contributed by atoms with Gasteiger partial charge in [0.1, 0.15) is 13.1 Å². The van der Waals surface area contributed by atoms with Gasteiger partial charge >= 0.3 is 0 Å². The molecular formula is C18H26N5O+. The van der Waals surface area contributed by atoms with E-state index in [1.807, 2.05) is 4.68 Å². The Balaban J connectivity index is 1.78. The van der Waals surface area contributed by atoms with Gasteiger partial charge in [-0.05, 0) is 47.9 Å². The standard InChI is InChI=1S/C18H25N5O/c1-15-6-5-7-16(14-15)23-17(19-20-21-23)18(8-3-2-4-9-18)22-10-12-24-13-11-22/h5-7,14H,2-4,8-13H2,1H3/p+1. The highest BCUT2D eigenvalue weighted by molar-refractivity contribution is 5.35. The minimum Gasteiger partial charge on any atom is -0.370 e. The Morgan fingerprint density at radius 3 is 2.67 bits per heavy atom. The van der Waals surface area contributed by atoms with Crippen LogP contribution in [0.25, 0.3) is 5.69 Å². The Morgan fingerprint density at radius 2 is 1.92 bits per heavy atom. The van der Waals surface area contributed by atoms with Crippen LogP contribution in [0.1, 0.15) is 43.5 Å². The number of morpholine rings is 1. The highest BCUT2D eigenvalue weighted by Crippen LogP contribution is 2.34. The molecule has 6 heteroatoms. The number of tetrazole rings is 1. The third kappa shape index (κ3) is 2.74. The van der Waals surface area contributed by atoms with E-state index in [1.54, 1.807) is 4.90 Å². The average Bonchev–Trinajstić information content (AvgIpc) is 3.13. The molecule has 0 unspecified atom stereocenters. The van der Waals surface area contributed by atoms with Crippen molar-refractivity contribution in [1.82, 2.24) is 20.2 Å². The number of hydrogen-bond acceptors (Lipinski definition) is 4. The molecule has 2 aromatic rings. The summed E-state index contributed by atoms with van der Waals surface area (Å²) < 4.78 is 7.58. The number of nitrogens with one attached hydrogen (secondary N) is 1. The summed E-state index contributed by atoms with van der Waals surface area (Å²) in [6.07, 6.45) is 6.15. The first kappa shape index (κ1) is 15.7. The van der Waals surface area contributed by atoms with Gasteiger partial charge in [0.2, 0.25) is 5.82 Å². The van der Waals surface area contributed by atoms with Crippen molar-refractivity contribution in [2.45, 2.75) is 44.6 Å². The number of rotatable bonds is 3. The summed E-state index contributed by atoms with van der Waals surface area (Å²) >= 11 is 0. The SMILES string of the molecule is Cc1cccc(-n2nnnc2C2([NH+]3CCOCC3)CCCCC2)c1. The molecule has 2 heterocycles. The summed E-state index contributed by atoms with van der Waals surface area (Å²) in [5.41, 5.74) is 2.31. The van der Waals surface area contributed by atoms with Gasteiger partial charge in [-0.1, -0.05) is 18.6 Å². The lowest BCUT2D eigenvalue weighted by atomic mass is 9.79. The van der Waals surface area contributed by atoms with Crippen molar-refractivity contribution < 1.29 is 9.64 Å². The minimum absolute atomic E-state index is 0.0231. The van der Waals surface area contributed by atoms with Crippen LogP contribution in [0, 0.1) is 6.92 Å². The highest BCUT2D eigenvalue weighted by Gasteiger charge is 2.48. The largest absolute Gasteiger partial charge is 0.370 e. The average molecular weight is 328 g/mol. The number of quaternary nitrogens is 1. The molecule has 1 aromatic carbocycles. The van der Waals surface area contributed by atoms with Gasteiger partial charge in [-0.2, -0.15) is 4.68 Å². The normalized spacial score (nSPS) is 21.7. The molecular weight excluding hydrogens is 302 g/mol. The van der Waals surface area contributed by atoms with E-state index in [0.717, 1.165) is 50.7 Å². The van der Waals surface area contributed by atoms with Crippen LogP contribution in [0.15, 0.2) is 24.3 Å². The molecule has 1 aliphatic heterocycles. The lowest BCUT2D eigenvalue weighted by molar-refractivity contribution is -0.970. The van der Waals surface area contributed by atoms with Crippen LogP contribution in [0.2, 0.25) is 0 Å². The van der Waals surface area contributed by atoms with Crippen LogP contribution in [0.5, 0.6) is 0 Å². The Labute approximate surface area is 142 Å².